The summed E-state index contributed by atoms with van der Waals surface area (Å²) in [7, 11) is 2.76. The lowest BCUT2D eigenvalue weighted by Crippen LogP contribution is -2.46. The van der Waals surface area contributed by atoms with Gasteiger partial charge in [0.25, 0.3) is 5.91 Å². The molecule has 0 bridgehead atoms. The number of hydrogen-bond donors (Lipinski definition) is 1. The first kappa shape index (κ1) is 25.1. The van der Waals surface area contributed by atoms with Crippen molar-refractivity contribution in [3.05, 3.63) is 64.5 Å². The van der Waals surface area contributed by atoms with Crippen molar-refractivity contribution < 1.29 is 19.1 Å². The predicted molar refractivity (Wildman–Crippen MR) is 134 cm³/mol. The minimum Gasteiger partial charge on any atom is -0.467 e. The molecule has 1 unspecified atom stereocenters. The number of para-hydroxylation sites is 3. The summed E-state index contributed by atoms with van der Waals surface area (Å²) in [5.41, 5.74) is 7.32. The van der Waals surface area contributed by atoms with Crippen molar-refractivity contribution >= 4 is 39.9 Å². The number of carbonyl (C=O) groups is 2. The molecule has 0 saturated carbocycles. The van der Waals surface area contributed by atoms with Crippen LogP contribution in [-0.4, -0.2) is 53.7 Å². The van der Waals surface area contributed by atoms with Crippen molar-refractivity contribution in [2.24, 2.45) is 0 Å². The maximum atomic E-state index is 12.3. The Morgan fingerprint density at radius 1 is 1.09 bits per heavy atom. The number of hydrogen-bond acceptors (Lipinski definition) is 7. The number of amides is 1. The molecular formula is C25H28N4O4S. The molecule has 0 spiro atoms. The highest BCUT2D eigenvalue weighted by Gasteiger charge is 2.29. The van der Waals surface area contributed by atoms with Gasteiger partial charge in [0, 0.05) is 12.5 Å². The molecule has 1 N–H and O–H groups in total. The molecular weight excluding hydrogens is 452 g/mol. The number of benzene rings is 2. The first-order chi connectivity index (χ1) is 16.4. The van der Waals surface area contributed by atoms with Crippen LogP contribution in [0.3, 0.4) is 0 Å². The second kappa shape index (κ2) is 11.5. The van der Waals surface area contributed by atoms with Crippen LogP contribution in [0.5, 0.6) is 0 Å². The van der Waals surface area contributed by atoms with Gasteiger partial charge in [-0.25, -0.2) is 14.8 Å². The van der Waals surface area contributed by atoms with Crippen LogP contribution in [0.2, 0.25) is 0 Å². The smallest absolute Gasteiger partial charge is 0.328 e. The van der Waals surface area contributed by atoms with Crippen molar-refractivity contribution in [1.82, 2.24) is 15.0 Å². The molecule has 0 aliphatic heterocycles. The molecule has 4 rings (SSSR count). The molecule has 0 saturated heterocycles. The van der Waals surface area contributed by atoms with Crippen LogP contribution in [0.15, 0.2) is 53.4 Å². The van der Waals surface area contributed by atoms with Crippen molar-refractivity contribution in [1.29, 1.82) is 0 Å². The Bertz CT molecular complexity index is 1200. The third-order valence-electron chi connectivity index (χ3n) is 5.21. The number of aromatic nitrogens is 3. The van der Waals surface area contributed by atoms with Crippen molar-refractivity contribution in [2.75, 3.05) is 25.7 Å². The standard InChI is InChI=1S/C15H21NO4.C10H7N3S/c1-10-7-6-8-11(2)14(10)16(13(17)9-19-4)12(3)15(18)20-5;1-2-4-8-7(3-1)12-10(13-8)9-5-14-6-11-9/h6-8,12H,9H2,1-5H3;1-6H,(H,12,13). The summed E-state index contributed by atoms with van der Waals surface area (Å²) >= 11 is 1.57. The van der Waals surface area contributed by atoms with Crippen LogP contribution in [-0.2, 0) is 19.1 Å². The maximum absolute atomic E-state index is 12.3. The second-order valence-electron chi connectivity index (χ2n) is 7.61. The van der Waals surface area contributed by atoms with E-state index >= 15 is 0 Å². The Kier molecular flexibility index (Phi) is 8.50. The summed E-state index contributed by atoms with van der Waals surface area (Å²) in [5.74, 6) is 0.104. The molecule has 2 aromatic carbocycles. The molecule has 1 atom stereocenters. The zero-order valence-electron chi connectivity index (χ0n) is 19.9. The van der Waals surface area contributed by atoms with E-state index in [2.05, 4.69) is 15.0 Å². The number of rotatable bonds is 6. The van der Waals surface area contributed by atoms with Crippen molar-refractivity contribution in [3.8, 4) is 11.5 Å². The molecule has 0 aliphatic rings. The monoisotopic (exact) mass is 480 g/mol. The number of H-pyrrole nitrogens is 1. The van der Waals surface area contributed by atoms with Gasteiger partial charge in [0.1, 0.15) is 18.3 Å². The van der Waals surface area contributed by atoms with Crippen LogP contribution in [0.1, 0.15) is 18.1 Å². The topological polar surface area (TPSA) is 97.4 Å². The molecule has 2 heterocycles. The summed E-state index contributed by atoms with van der Waals surface area (Å²) in [6, 6.07) is 13.0. The molecule has 0 radical (unpaired) electrons. The Morgan fingerprint density at radius 2 is 1.79 bits per heavy atom. The summed E-state index contributed by atoms with van der Waals surface area (Å²) in [5, 5.41) is 1.98. The van der Waals surface area contributed by atoms with E-state index in [1.54, 1.807) is 18.3 Å². The Balaban J connectivity index is 0.000000201. The van der Waals surface area contributed by atoms with E-state index in [-0.39, 0.29) is 12.5 Å². The predicted octanol–water partition coefficient (Wildman–Crippen LogP) is 4.53. The molecule has 178 valence electrons. The van der Waals surface area contributed by atoms with E-state index in [1.165, 1.54) is 19.1 Å². The fourth-order valence-electron chi connectivity index (χ4n) is 3.59. The van der Waals surface area contributed by atoms with Gasteiger partial charge in [0.2, 0.25) is 0 Å². The number of aromatic amines is 1. The molecule has 1 amide bonds. The zero-order chi connectivity index (χ0) is 24.7. The summed E-state index contributed by atoms with van der Waals surface area (Å²) in [6.45, 7) is 5.36. The van der Waals surface area contributed by atoms with E-state index < -0.39 is 12.0 Å². The Morgan fingerprint density at radius 3 is 2.38 bits per heavy atom. The largest absolute Gasteiger partial charge is 0.467 e. The first-order valence-corrected chi connectivity index (χ1v) is 11.6. The first-order valence-electron chi connectivity index (χ1n) is 10.7. The van der Waals surface area contributed by atoms with Gasteiger partial charge >= 0.3 is 5.97 Å². The number of aryl methyl sites for hydroxylation is 2. The van der Waals surface area contributed by atoms with Gasteiger partial charge in [-0.05, 0) is 44.0 Å². The fourth-order valence-corrected chi connectivity index (χ4v) is 4.13. The van der Waals surface area contributed by atoms with Gasteiger partial charge in [-0.15, -0.1) is 11.3 Å². The third-order valence-corrected chi connectivity index (χ3v) is 5.80. The van der Waals surface area contributed by atoms with Crippen LogP contribution < -0.4 is 4.90 Å². The van der Waals surface area contributed by atoms with Gasteiger partial charge < -0.3 is 14.5 Å². The quantitative estimate of drug-likeness (QED) is 0.407. The minimum atomic E-state index is -0.706. The number of methoxy groups -OCH3 is 2. The zero-order valence-corrected chi connectivity index (χ0v) is 20.7. The number of fused-ring (bicyclic) bond motifs is 1. The van der Waals surface area contributed by atoms with Crippen molar-refractivity contribution in [2.45, 2.75) is 26.8 Å². The van der Waals surface area contributed by atoms with E-state index in [0.29, 0.717) is 0 Å². The van der Waals surface area contributed by atoms with E-state index in [0.717, 1.165) is 39.4 Å². The molecule has 0 fully saturated rings. The number of imidazole rings is 1. The lowest BCUT2D eigenvalue weighted by molar-refractivity contribution is -0.143. The Labute approximate surface area is 202 Å². The van der Waals surface area contributed by atoms with Crippen LogP contribution >= 0.6 is 11.3 Å². The van der Waals surface area contributed by atoms with Gasteiger partial charge in [-0.2, -0.15) is 0 Å². The SMILES string of the molecule is COCC(=O)N(c1c(C)cccc1C)C(C)C(=O)OC.c1ccc2[nH]c(-c3cscn3)nc2c1. The number of nitrogens with one attached hydrogen (secondary N) is 1. The van der Waals surface area contributed by atoms with Crippen molar-refractivity contribution in [3.63, 3.8) is 0 Å². The van der Waals surface area contributed by atoms with E-state index in [9.17, 15) is 9.59 Å². The average Bonchev–Trinajstić information content (AvgIpc) is 3.51. The Hall–Kier alpha value is -3.56. The third kappa shape index (κ3) is 5.67. The van der Waals surface area contributed by atoms with Gasteiger partial charge in [-0.3, -0.25) is 9.69 Å². The number of thiazole rings is 1. The van der Waals surface area contributed by atoms with Crippen LogP contribution in [0.4, 0.5) is 5.69 Å². The number of esters is 1. The normalized spacial score (nSPS) is 11.4. The van der Waals surface area contributed by atoms with E-state index in [1.807, 2.05) is 67.2 Å². The highest BCUT2D eigenvalue weighted by atomic mass is 32.1. The number of ether oxygens (including phenoxy) is 2. The van der Waals surface area contributed by atoms with Crippen LogP contribution in [0.25, 0.3) is 22.6 Å². The molecule has 4 aromatic rings. The van der Waals surface area contributed by atoms with Gasteiger partial charge in [0.05, 0.1) is 29.3 Å². The lowest BCUT2D eigenvalue weighted by atomic mass is 10.1. The van der Waals surface area contributed by atoms with Gasteiger partial charge in [-0.1, -0.05) is 30.3 Å². The minimum absolute atomic E-state index is 0.0882. The fraction of sp³-hybridized carbons (Fsp3) is 0.280. The summed E-state index contributed by atoms with van der Waals surface area (Å²) < 4.78 is 9.65. The van der Waals surface area contributed by atoms with Gasteiger partial charge in [0.15, 0.2) is 5.82 Å². The molecule has 0 aliphatic carbocycles. The highest BCUT2D eigenvalue weighted by molar-refractivity contribution is 7.07. The maximum Gasteiger partial charge on any atom is 0.328 e. The molecule has 8 nitrogen and oxygen atoms in total. The summed E-state index contributed by atoms with van der Waals surface area (Å²) in [6.07, 6.45) is 0. The molecule has 2 aromatic heterocycles. The molecule has 34 heavy (non-hydrogen) atoms. The number of anilines is 1. The van der Waals surface area contributed by atoms with E-state index in [4.69, 9.17) is 9.47 Å². The highest BCUT2D eigenvalue weighted by Crippen LogP contribution is 2.27. The number of carbonyl (C=O) groups excluding carboxylic acids is 2. The number of nitrogens with zero attached hydrogens (tertiary/aromatic N) is 3. The average molecular weight is 481 g/mol. The molecule has 9 heteroatoms. The second-order valence-corrected chi connectivity index (χ2v) is 8.33. The lowest BCUT2D eigenvalue weighted by Gasteiger charge is -2.30. The van der Waals surface area contributed by atoms with Crippen LogP contribution in [0, 0.1) is 13.8 Å². The summed E-state index contributed by atoms with van der Waals surface area (Å²) in [4.78, 5) is 37.4.